The minimum atomic E-state index is -1.58. The maximum absolute atomic E-state index is 13.0. The molecule has 2 rings (SSSR count). The van der Waals surface area contributed by atoms with Crippen molar-refractivity contribution in [1.82, 2.24) is 10.6 Å². The second kappa shape index (κ2) is 11.0. The lowest BCUT2D eigenvalue weighted by molar-refractivity contribution is -0.240. The van der Waals surface area contributed by atoms with E-state index in [0.29, 0.717) is 6.42 Å². The van der Waals surface area contributed by atoms with Crippen LogP contribution in [-0.4, -0.2) is 43.1 Å². The number of nitrogens with one attached hydrogen (secondary N) is 2. The molecule has 0 heterocycles. The average Bonchev–Trinajstić information content (AvgIpc) is 3.50. The second-order valence-electron chi connectivity index (χ2n) is 6.83. The summed E-state index contributed by atoms with van der Waals surface area (Å²) < 4.78 is 17.0. The first kappa shape index (κ1) is 22.2. The predicted molar refractivity (Wildman–Crippen MR) is 106 cm³/mol. The van der Waals surface area contributed by atoms with Crippen LogP contribution in [0.15, 0.2) is 30.3 Å². The van der Waals surface area contributed by atoms with Crippen LogP contribution in [0.25, 0.3) is 0 Å². The summed E-state index contributed by atoms with van der Waals surface area (Å²) in [5.41, 5.74) is 0.886. The van der Waals surface area contributed by atoms with Crippen LogP contribution in [0.5, 0.6) is 0 Å². The van der Waals surface area contributed by atoms with E-state index >= 15 is 0 Å². The third-order valence-electron chi connectivity index (χ3n) is 4.49. The highest BCUT2D eigenvalue weighted by molar-refractivity contribution is 5.86. The highest BCUT2D eigenvalue weighted by Crippen LogP contribution is 2.26. The molecule has 0 bridgehead atoms. The Bertz CT molecular complexity index is 612. The largest absolute Gasteiger partial charge is 0.445 e. The molecule has 1 aromatic carbocycles. The van der Waals surface area contributed by atoms with E-state index in [4.69, 9.17) is 14.2 Å². The van der Waals surface area contributed by atoms with Crippen molar-refractivity contribution in [3.63, 3.8) is 0 Å². The number of carbonyl (C=O) groups excluding carboxylic acids is 2. The standard InChI is InChI=1S/C21H32N2O5/c1-4-10-18(23-20(25)26-15-16-11-8-7-9-12-16)21(27-5-2,28-6-3)19(24)22-17-13-14-17/h7-9,11-12,17-18H,4-6,10,13-15H2,1-3H3,(H,22,24)(H,23,25)/t18-/m0/s1. The monoisotopic (exact) mass is 392 g/mol. The number of rotatable bonds is 12. The SMILES string of the molecule is CCC[C@H](NC(=O)OCc1ccccc1)C(OCC)(OCC)C(=O)NC1CC1. The maximum atomic E-state index is 13.0. The molecule has 28 heavy (non-hydrogen) atoms. The van der Waals surface area contributed by atoms with Crippen LogP contribution in [0.3, 0.4) is 0 Å². The van der Waals surface area contributed by atoms with E-state index in [1.165, 1.54) is 0 Å². The quantitative estimate of drug-likeness (QED) is 0.534. The van der Waals surface area contributed by atoms with Gasteiger partial charge in [0, 0.05) is 19.3 Å². The zero-order valence-electron chi connectivity index (χ0n) is 17.0. The summed E-state index contributed by atoms with van der Waals surface area (Å²) in [6, 6.07) is 8.91. The van der Waals surface area contributed by atoms with Crippen LogP contribution in [0.2, 0.25) is 0 Å². The molecule has 0 radical (unpaired) electrons. The number of amides is 2. The summed E-state index contributed by atoms with van der Waals surface area (Å²) in [6.07, 6.45) is 2.54. The second-order valence-corrected chi connectivity index (χ2v) is 6.83. The van der Waals surface area contributed by atoms with E-state index in [-0.39, 0.29) is 31.8 Å². The molecule has 1 aromatic rings. The number of benzene rings is 1. The van der Waals surface area contributed by atoms with Gasteiger partial charge in [-0.1, -0.05) is 43.7 Å². The van der Waals surface area contributed by atoms with Gasteiger partial charge in [0.05, 0.1) is 6.04 Å². The Labute approximate surface area is 167 Å². The Morgan fingerprint density at radius 3 is 2.29 bits per heavy atom. The van der Waals surface area contributed by atoms with E-state index in [1.54, 1.807) is 13.8 Å². The molecule has 1 fully saturated rings. The smallest absolute Gasteiger partial charge is 0.407 e. The van der Waals surface area contributed by atoms with Gasteiger partial charge in [0.15, 0.2) is 0 Å². The minimum Gasteiger partial charge on any atom is -0.445 e. The van der Waals surface area contributed by atoms with Crippen molar-refractivity contribution in [1.29, 1.82) is 0 Å². The molecular weight excluding hydrogens is 360 g/mol. The van der Waals surface area contributed by atoms with Crippen molar-refractivity contribution in [3.05, 3.63) is 35.9 Å². The molecule has 2 amide bonds. The summed E-state index contributed by atoms with van der Waals surface area (Å²) >= 11 is 0. The van der Waals surface area contributed by atoms with E-state index in [1.807, 2.05) is 37.3 Å². The Morgan fingerprint density at radius 1 is 1.11 bits per heavy atom. The van der Waals surface area contributed by atoms with E-state index in [0.717, 1.165) is 24.8 Å². The Kier molecular flexibility index (Phi) is 8.73. The van der Waals surface area contributed by atoms with Crippen LogP contribution < -0.4 is 10.6 Å². The highest BCUT2D eigenvalue weighted by atomic mass is 16.7. The Morgan fingerprint density at radius 2 is 1.75 bits per heavy atom. The van der Waals surface area contributed by atoms with Crippen LogP contribution in [-0.2, 0) is 25.6 Å². The molecule has 1 aliphatic rings. The predicted octanol–water partition coefficient (Wildman–Crippen LogP) is 3.13. The van der Waals surface area contributed by atoms with Crippen molar-refractivity contribution in [3.8, 4) is 0 Å². The average molecular weight is 392 g/mol. The van der Waals surface area contributed by atoms with Gasteiger partial charge in [-0.2, -0.15) is 0 Å². The molecule has 7 nitrogen and oxygen atoms in total. The molecule has 7 heteroatoms. The van der Waals surface area contributed by atoms with Crippen LogP contribution in [0, 0.1) is 0 Å². The van der Waals surface area contributed by atoms with E-state index < -0.39 is 17.9 Å². The molecule has 2 N–H and O–H groups in total. The van der Waals surface area contributed by atoms with Gasteiger partial charge in [-0.05, 0) is 38.7 Å². The first-order valence-corrected chi connectivity index (χ1v) is 10.1. The number of hydrogen-bond acceptors (Lipinski definition) is 5. The van der Waals surface area contributed by atoms with Gasteiger partial charge in [-0.3, -0.25) is 4.79 Å². The summed E-state index contributed by atoms with van der Waals surface area (Å²) in [4.78, 5) is 25.5. The van der Waals surface area contributed by atoms with Crippen LogP contribution in [0.4, 0.5) is 4.79 Å². The summed E-state index contributed by atoms with van der Waals surface area (Å²) in [6.45, 7) is 6.28. The Balaban J connectivity index is 2.11. The van der Waals surface area contributed by atoms with Crippen molar-refractivity contribution in [2.24, 2.45) is 0 Å². The third-order valence-corrected chi connectivity index (χ3v) is 4.49. The van der Waals surface area contributed by atoms with Gasteiger partial charge in [-0.15, -0.1) is 0 Å². The van der Waals surface area contributed by atoms with Crippen molar-refractivity contribution in [2.75, 3.05) is 13.2 Å². The topological polar surface area (TPSA) is 85.9 Å². The molecular formula is C21H32N2O5. The molecule has 1 aliphatic carbocycles. The Hall–Kier alpha value is -2.12. The molecule has 0 spiro atoms. The van der Waals surface area contributed by atoms with Gasteiger partial charge in [-0.25, -0.2) is 4.79 Å². The van der Waals surface area contributed by atoms with Crippen LogP contribution >= 0.6 is 0 Å². The van der Waals surface area contributed by atoms with Gasteiger partial charge >= 0.3 is 6.09 Å². The lowest BCUT2D eigenvalue weighted by Gasteiger charge is -2.38. The molecule has 156 valence electrons. The summed E-state index contributed by atoms with van der Waals surface area (Å²) in [7, 11) is 0. The zero-order valence-corrected chi connectivity index (χ0v) is 17.0. The fourth-order valence-electron chi connectivity index (χ4n) is 3.03. The number of alkyl carbamates (subject to hydrolysis) is 1. The van der Waals surface area contributed by atoms with Crippen molar-refractivity contribution in [2.45, 2.75) is 70.9 Å². The number of hydrogen-bond donors (Lipinski definition) is 2. The number of carbonyl (C=O) groups is 2. The van der Waals surface area contributed by atoms with Crippen LogP contribution in [0.1, 0.15) is 52.0 Å². The third kappa shape index (κ3) is 6.21. The number of ether oxygens (including phenoxy) is 3. The molecule has 1 atom stereocenters. The fourth-order valence-corrected chi connectivity index (χ4v) is 3.03. The zero-order chi connectivity index (χ0) is 20.4. The molecule has 1 saturated carbocycles. The lowest BCUT2D eigenvalue weighted by atomic mass is 10.0. The highest BCUT2D eigenvalue weighted by Gasteiger charge is 2.50. The molecule has 0 aliphatic heterocycles. The van der Waals surface area contributed by atoms with Gasteiger partial charge in [0.25, 0.3) is 11.7 Å². The minimum absolute atomic E-state index is 0.149. The molecule has 0 saturated heterocycles. The normalized spacial score (nSPS) is 15.0. The van der Waals surface area contributed by atoms with Crippen molar-refractivity contribution >= 4 is 12.0 Å². The molecule has 0 unspecified atom stereocenters. The molecule has 0 aromatic heterocycles. The maximum Gasteiger partial charge on any atom is 0.407 e. The first-order chi connectivity index (χ1) is 13.6. The summed E-state index contributed by atoms with van der Waals surface area (Å²) in [5.74, 6) is -1.92. The van der Waals surface area contributed by atoms with Gasteiger partial charge in [0.1, 0.15) is 6.61 Å². The van der Waals surface area contributed by atoms with E-state index in [2.05, 4.69) is 10.6 Å². The summed E-state index contributed by atoms with van der Waals surface area (Å²) in [5, 5.41) is 5.75. The lowest BCUT2D eigenvalue weighted by Crippen LogP contribution is -2.64. The fraction of sp³-hybridized carbons (Fsp3) is 0.619. The van der Waals surface area contributed by atoms with Gasteiger partial charge in [0.2, 0.25) is 0 Å². The van der Waals surface area contributed by atoms with E-state index in [9.17, 15) is 9.59 Å². The van der Waals surface area contributed by atoms with Gasteiger partial charge < -0.3 is 24.8 Å². The van der Waals surface area contributed by atoms with Crippen molar-refractivity contribution < 1.29 is 23.8 Å². The first-order valence-electron chi connectivity index (χ1n) is 10.1.